The van der Waals surface area contributed by atoms with Crippen molar-refractivity contribution in [3.05, 3.63) is 52.6 Å². The molecule has 1 aliphatic heterocycles. The van der Waals surface area contributed by atoms with Crippen LogP contribution < -0.4 is 10.2 Å². The standard InChI is InChI=1S/C23H25F3N4O2/c1-14-6-8-16(9-7-14)30-13-15(12-20(30)31)22(32)27-11-10-19-28-18-5-3-2-4-17(18)21(29-19)23(24,25)26/h6-9,15H,2-5,10-13H2,1H3,(H,27,32)/t15-/m0/s1. The fourth-order valence-corrected chi connectivity index (χ4v) is 4.29. The number of hydrogen-bond acceptors (Lipinski definition) is 4. The Hall–Kier alpha value is -2.97. The van der Waals surface area contributed by atoms with Crippen LogP contribution in [0, 0.1) is 12.8 Å². The predicted octanol–water partition coefficient (Wildman–Crippen LogP) is 3.39. The lowest BCUT2D eigenvalue weighted by molar-refractivity contribution is -0.142. The average Bonchev–Trinajstić information content (AvgIpc) is 3.14. The van der Waals surface area contributed by atoms with E-state index in [0.717, 1.165) is 17.7 Å². The van der Waals surface area contributed by atoms with Gasteiger partial charge in [0.05, 0.1) is 5.92 Å². The molecule has 32 heavy (non-hydrogen) atoms. The maximum atomic E-state index is 13.4. The fourth-order valence-electron chi connectivity index (χ4n) is 4.29. The van der Waals surface area contributed by atoms with Crippen LogP contribution in [0.4, 0.5) is 18.9 Å². The zero-order valence-electron chi connectivity index (χ0n) is 17.8. The number of halogens is 3. The molecule has 9 heteroatoms. The molecule has 1 fully saturated rings. The van der Waals surface area contributed by atoms with Crippen molar-refractivity contribution in [3.63, 3.8) is 0 Å². The maximum Gasteiger partial charge on any atom is 0.433 e. The first-order chi connectivity index (χ1) is 15.2. The van der Waals surface area contributed by atoms with E-state index < -0.39 is 17.8 Å². The Morgan fingerprint density at radius 3 is 2.59 bits per heavy atom. The van der Waals surface area contributed by atoms with Crippen LogP contribution in [-0.2, 0) is 35.0 Å². The molecular formula is C23H25F3N4O2. The van der Waals surface area contributed by atoms with Gasteiger partial charge >= 0.3 is 6.18 Å². The van der Waals surface area contributed by atoms with Crippen molar-refractivity contribution in [1.82, 2.24) is 15.3 Å². The summed E-state index contributed by atoms with van der Waals surface area (Å²) in [5.74, 6) is -0.829. The van der Waals surface area contributed by atoms with Gasteiger partial charge in [-0.2, -0.15) is 13.2 Å². The minimum Gasteiger partial charge on any atom is -0.355 e. The Bertz CT molecular complexity index is 1020. The Labute approximate surface area is 184 Å². The van der Waals surface area contributed by atoms with E-state index in [0.29, 0.717) is 25.0 Å². The molecule has 1 N–H and O–H groups in total. The topological polar surface area (TPSA) is 75.2 Å². The SMILES string of the molecule is Cc1ccc(N2C[C@@H](C(=O)NCCc3nc4c(c(C(F)(F)F)n3)CCCC4)CC2=O)cc1. The highest BCUT2D eigenvalue weighted by molar-refractivity contribution is 6.00. The molecule has 1 aliphatic carbocycles. The quantitative estimate of drug-likeness (QED) is 0.764. The van der Waals surface area contributed by atoms with E-state index >= 15 is 0 Å². The smallest absolute Gasteiger partial charge is 0.355 e. The van der Waals surface area contributed by atoms with Crippen LogP contribution >= 0.6 is 0 Å². The van der Waals surface area contributed by atoms with Gasteiger partial charge in [0.1, 0.15) is 5.82 Å². The summed E-state index contributed by atoms with van der Waals surface area (Å²) in [5, 5.41) is 2.73. The van der Waals surface area contributed by atoms with Gasteiger partial charge in [-0.15, -0.1) is 0 Å². The van der Waals surface area contributed by atoms with E-state index in [1.54, 1.807) is 4.90 Å². The lowest BCUT2D eigenvalue weighted by atomic mass is 9.94. The molecule has 2 aliphatic rings. The van der Waals surface area contributed by atoms with Gasteiger partial charge in [-0.1, -0.05) is 17.7 Å². The summed E-state index contributed by atoms with van der Waals surface area (Å²) in [5.41, 5.74) is 1.65. The van der Waals surface area contributed by atoms with Crippen LogP contribution in [0.3, 0.4) is 0 Å². The monoisotopic (exact) mass is 446 g/mol. The van der Waals surface area contributed by atoms with E-state index in [9.17, 15) is 22.8 Å². The van der Waals surface area contributed by atoms with Crippen LogP contribution in [-0.4, -0.2) is 34.9 Å². The van der Waals surface area contributed by atoms with Crippen molar-refractivity contribution in [2.24, 2.45) is 5.92 Å². The third-order valence-electron chi connectivity index (χ3n) is 5.99. The summed E-state index contributed by atoms with van der Waals surface area (Å²) >= 11 is 0. The second-order valence-electron chi connectivity index (χ2n) is 8.40. The Morgan fingerprint density at radius 1 is 1.16 bits per heavy atom. The molecule has 1 atom stereocenters. The number of amides is 2. The highest BCUT2D eigenvalue weighted by Gasteiger charge is 2.38. The Kier molecular flexibility index (Phi) is 6.17. The molecule has 0 unspecified atom stereocenters. The number of rotatable bonds is 5. The lowest BCUT2D eigenvalue weighted by Crippen LogP contribution is -2.34. The number of benzene rings is 1. The average molecular weight is 446 g/mol. The summed E-state index contributed by atoms with van der Waals surface area (Å²) in [7, 11) is 0. The number of alkyl halides is 3. The number of anilines is 1. The van der Waals surface area contributed by atoms with Gasteiger partial charge in [0, 0.05) is 42.9 Å². The lowest BCUT2D eigenvalue weighted by Gasteiger charge is -2.20. The third kappa shape index (κ3) is 4.76. The number of aromatic nitrogens is 2. The van der Waals surface area contributed by atoms with Crippen molar-refractivity contribution in [2.45, 2.75) is 51.6 Å². The molecule has 2 amide bonds. The van der Waals surface area contributed by atoms with Crippen molar-refractivity contribution in [1.29, 1.82) is 0 Å². The molecule has 170 valence electrons. The van der Waals surface area contributed by atoms with Crippen LogP contribution in [0.15, 0.2) is 24.3 Å². The van der Waals surface area contributed by atoms with Crippen molar-refractivity contribution in [2.75, 3.05) is 18.0 Å². The van der Waals surface area contributed by atoms with E-state index in [1.807, 2.05) is 31.2 Å². The first-order valence-corrected chi connectivity index (χ1v) is 10.8. The second-order valence-corrected chi connectivity index (χ2v) is 8.40. The minimum absolute atomic E-state index is 0.0852. The van der Waals surface area contributed by atoms with Crippen LogP contribution in [0.25, 0.3) is 0 Å². The largest absolute Gasteiger partial charge is 0.433 e. The highest BCUT2D eigenvalue weighted by atomic mass is 19.4. The number of aryl methyl sites for hydroxylation is 2. The Morgan fingerprint density at radius 2 is 1.88 bits per heavy atom. The molecule has 1 aromatic heterocycles. The summed E-state index contributed by atoms with van der Waals surface area (Å²) in [6.07, 6.45) is -1.95. The molecule has 4 rings (SSSR count). The van der Waals surface area contributed by atoms with Gasteiger partial charge in [0.2, 0.25) is 11.8 Å². The highest BCUT2D eigenvalue weighted by Crippen LogP contribution is 2.34. The van der Waals surface area contributed by atoms with Gasteiger partial charge < -0.3 is 10.2 Å². The molecular weight excluding hydrogens is 421 g/mol. The molecule has 6 nitrogen and oxygen atoms in total. The second kappa shape index (κ2) is 8.88. The zero-order valence-corrected chi connectivity index (χ0v) is 17.8. The van der Waals surface area contributed by atoms with Gasteiger partial charge in [0.25, 0.3) is 0 Å². The molecule has 0 radical (unpaired) electrons. The van der Waals surface area contributed by atoms with Crippen LogP contribution in [0.5, 0.6) is 0 Å². The molecule has 0 spiro atoms. The summed E-state index contributed by atoms with van der Waals surface area (Å²) in [4.78, 5) is 34.6. The summed E-state index contributed by atoms with van der Waals surface area (Å²) in [6.45, 7) is 2.35. The van der Waals surface area contributed by atoms with E-state index in [1.165, 1.54) is 0 Å². The fraction of sp³-hybridized carbons (Fsp3) is 0.478. The van der Waals surface area contributed by atoms with Crippen molar-refractivity contribution < 1.29 is 22.8 Å². The zero-order chi connectivity index (χ0) is 22.9. The maximum absolute atomic E-state index is 13.4. The Balaban J connectivity index is 1.37. The van der Waals surface area contributed by atoms with Crippen LogP contribution in [0.2, 0.25) is 0 Å². The summed E-state index contributed by atoms with van der Waals surface area (Å²) < 4.78 is 40.3. The minimum atomic E-state index is -4.52. The van der Waals surface area contributed by atoms with Crippen molar-refractivity contribution in [3.8, 4) is 0 Å². The number of fused-ring (bicyclic) bond motifs is 1. The summed E-state index contributed by atoms with van der Waals surface area (Å²) in [6, 6.07) is 7.51. The molecule has 2 heterocycles. The van der Waals surface area contributed by atoms with Crippen LogP contribution in [0.1, 0.15) is 47.6 Å². The van der Waals surface area contributed by atoms with Gasteiger partial charge in [-0.25, -0.2) is 9.97 Å². The molecule has 0 bridgehead atoms. The van der Waals surface area contributed by atoms with Crippen molar-refractivity contribution >= 4 is 17.5 Å². The van der Waals surface area contributed by atoms with Gasteiger partial charge in [0.15, 0.2) is 5.69 Å². The first-order valence-electron chi connectivity index (χ1n) is 10.8. The molecule has 1 saturated heterocycles. The third-order valence-corrected chi connectivity index (χ3v) is 5.99. The number of nitrogens with one attached hydrogen (secondary N) is 1. The molecule has 2 aromatic rings. The van der Waals surface area contributed by atoms with Gasteiger partial charge in [-0.3, -0.25) is 9.59 Å². The first kappa shape index (κ1) is 22.2. The number of carbonyl (C=O) groups excluding carboxylic acids is 2. The molecule has 1 aromatic carbocycles. The van der Waals surface area contributed by atoms with Gasteiger partial charge in [-0.05, 0) is 44.7 Å². The van der Waals surface area contributed by atoms with E-state index in [2.05, 4.69) is 15.3 Å². The van der Waals surface area contributed by atoms with E-state index in [4.69, 9.17) is 0 Å². The number of hydrogen-bond donors (Lipinski definition) is 1. The predicted molar refractivity (Wildman–Crippen MR) is 112 cm³/mol. The number of carbonyl (C=O) groups is 2. The normalized spacial score (nSPS) is 18.6. The van der Waals surface area contributed by atoms with E-state index in [-0.39, 0.29) is 49.1 Å². The number of nitrogens with zero attached hydrogens (tertiary/aromatic N) is 3. The molecule has 0 saturated carbocycles.